The molecule has 0 saturated carbocycles. The third kappa shape index (κ3) is 3.68. The SMILES string of the molecule is COc1cccc(Oc2ccc(C(=O)N[C@H]3CN4CCC3CC4)cc2)c1. The zero-order valence-electron chi connectivity index (χ0n) is 15.0. The molecule has 2 bridgehead atoms. The topological polar surface area (TPSA) is 50.8 Å². The van der Waals surface area contributed by atoms with Gasteiger partial charge in [0.2, 0.25) is 0 Å². The average molecular weight is 352 g/mol. The second-order valence-corrected chi connectivity index (χ2v) is 7.02. The van der Waals surface area contributed by atoms with Gasteiger partial charge in [0.15, 0.2) is 0 Å². The monoisotopic (exact) mass is 352 g/mol. The van der Waals surface area contributed by atoms with Gasteiger partial charge in [-0.15, -0.1) is 0 Å². The molecule has 0 radical (unpaired) electrons. The lowest BCUT2D eigenvalue weighted by atomic mass is 9.84. The average Bonchev–Trinajstić information content (AvgIpc) is 2.69. The first kappa shape index (κ1) is 16.9. The summed E-state index contributed by atoms with van der Waals surface area (Å²) in [4.78, 5) is 15.0. The lowest BCUT2D eigenvalue weighted by molar-refractivity contribution is 0.0620. The number of hydrogen-bond donors (Lipinski definition) is 1. The Labute approximate surface area is 153 Å². The van der Waals surface area contributed by atoms with Crippen molar-refractivity contribution in [2.45, 2.75) is 18.9 Å². The van der Waals surface area contributed by atoms with Crippen molar-refractivity contribution in [1.82, 2.24) is 10.2 Å². The fraction of sp³-hybridized carbons (Fsp3) is 0.381. The molecule has 5 nitrogen and oxygen atoms in total. The fourth-order valence-corrected chi connectivity index (χ4v) is 3.86. The first-order chi connectivity index (χ1) is 12.7. The molecule has 1 atom stereocenters. The Kier molecular flexibility index (Phi) is 4.80. The predicted molar refractivity (Wildman–Crippen MR) is 99.9 cm³/mol. The van der Waals surface area contributed by atoms with Crippen LogP contribution in [-0.4, -0.2) is 43.6 Å². The molecular formula is C21H24N2O3. The van der Waals surface area contributed by atoms with Crippen LogP contribution >= 0.6 is 0 Å². The summed E-state index contributed by atoms with van der Waals surface area (Å²) in [5.74, 6) is 2.76. The number of ether oxygens (including phenoxy) is 2. The third-order valence-corrected chi connectivity index (χ3v) is 5.37. The van der Waals surface area contributed by atoms with Crippen molar-refractivity contribution in [3.05, 3.63) is 54.1 Å². The van der Waals surface area contributed by atoms with Gasteiger partial charge in [0.05, 0.1) is 7.11 Å². The Hall–Kier alpha value is -2.53. The molecular weight excluding hydrogens is 328 g/mol. The van der Waals surface area contributed by atoms with E-state index in [1.807, 2.05) is 48.5 Å². The molecule has 2 aromatic rings. The first-order valence-electron chi connectivity index (χ1n) is 9.16. The van der Waals surface area contributed by atoms with Gasteiger partial charge >= 0.3 is 0 Å². The number of nitrogens with zero attached hydrogens (tertiary/aromatic N) is 1. The van der Waals surface area contributed by atoms with Gasteiger partial charge in [-0.25, -0.2) is 0 Å². The molecule has 2 aromatic carbocycles. The second kappa shape index (κ2) is 7.38. The van der Waals surface area contributed by atoms with Crippen LogP contribution in [-0.2, 0) is 0 Å². The van der Waals surface area contributed by atoms with Gasteiger partial charge in [-0.1, -0.05) is 6.07 Å². The molecule has 26 heavy (non-hydrogen) atoms. The van der Waals surface area contributed by atoms with E-state index >= 15 is 0 Å². The minimum atomic E-state index is -0.00307. The van der Waals surface area contributed by atoms with Gasteiger partial charge in [-0.2, -0.15) is 0 Å². The largest absolute Gasteiger partial charge is 0.497 e. The zero-order chi connectivity index (χ0) is 17.9. The maximum absolute atomic E-state index is 12.6. The van der Waals surface area contributed by atoms with E-state index in [2.05, 4.69) is 10.2 Å². The normalized spacial score (nSPS) is 24.1. The molecule has 3 saturated heterocycles. The zero-order valence-corrected chi connectivity index (χ0v) is 15.0. The van der Waals surface area contributed by atoms with Gasteiger partial charge < -0.3 is 19.7 Å². The molecule has 0 aliphatic carbocycles. The van der Waals surface area contributed by atoms with E-state index in [9.17, 15) is 4.79 Å². The van der Waals surface area contributed by atoms with Crippen molar-refractivity contribution in [3.63, 3.8) is 0 Å². The number of piperidine rings is 3. The lowest BCUT2D eigenvalue weighted by Gasteiger charge is -2.44. The van der Waals surface area contributed by atoms with Crippen molar-refractivity contribution in [3.8, 4) is 17.2 Å². The maximum Gasteiger partial charge on any atom is 0.251 e. The molecule has 3 heterocycles. The van der Waals surface area contributed by atoms with Crippen LogP contribution < -0.4 is 14.8 Å². The summed E-state index contributed by atoms with van der Waals surface area (Å²) in [6.07, 6.45) is 2.39. The van der Waals surface area contributed by atoms with E-state index in [1.165, 1.54) is 25.9 Å². The van der Waals surface area contributed by atoms with Gasteiger partial charge in [-0.05, 0) is 68.2 Å². The van der Waals surface area contributed by atoms with E-state index in [0.717, 1.165) is 12.3 Å². The Bertz CT molecular complexity index is 767. The summed E-state index contributed by atoms with van der Waals surface area (Å²) in [5.41, 5.74) is 0.666. The van der Waals surface area contributed by atoms with Crippen molar-refractivity contribution in [2.75, 3.05) is 26.7 Å². The van der Waals surface area contributed by atoms with Gasteiger partial charge in [0.1, 0.15) is 17.2 Å². The third-order valence-electron chi connectivity index (χ3n) is 5.37. The number of fused-ring (bicyclic) bond motifs is 3. The van der Waals surface area contributed by atoms with Crippen LogP contribution in [0.5, 0.6) is 17.2 Å². The molecule has 3 fully saturated rings. The van der Waals surface area contributed by atoms with Crippen LogP contribution in [0.1, 0.15) is 23.2 Å². The number of nitrogens with one attached hydrogen (secondary N) is 1. The predicted octanol–water partition coefficient (Wildman–Crippen LogP) is 3.31. The molecule has 3 aliphatic rings. The molecule has 3 aliphatic heterocycles. The number of hydrogen-bond acceptors (Lipinski definition) is 4. The molecule has 136 valence electrons. The Morgan fingerprint density at radius 3 is 2.42 bits per heavy atom. The minimum absolute atomic E-state index is 0.00307. The van der Waals surface area contributed by atoms with Crippen LogP contribution in [0.15, 0.2) is 48.5 Å². The quantitative estimate of drug-likeness (QED) is 0.897. The van der Waals surface area contributed by atoms with Crippen molar-refractivity contribution < 1.29 is 14.3 Å². The van der Waals surface area contributed by atoms with Gasteiger partial charge in [0.25, 0.3) is 5.91 Å². The van der Waals surface area contributed by atoms with Crippen LogP contribution in [0, 0.1) is 5.92 Å². The summed E-state index contributed by atoms with van der Waals surface area (Å²) in [6, 6.07) is 15.0. The molecule has 1 amide bonds. The maximum atomic E-state index is 12.6. The summed E-state index contributed by atoms with van der Waals surface area (Å²) >= 11 is 0. The van der Waals surface area contributed by atoms with E-state index in [-0.39, 0.29) is 11.9 Å². The highest BCUT2D eigenvalue weighted by Crippen LogP contribution is 2.28. The number of rotatable bonds is 5. The fourth-order valence-electron chi connectivity index (χ4n) is 3.86. The second-order valence-electron chi connectivity index (χ2n) is 7.02. The van der Waals surface area contributed by atoms with Crippen LogP contribution in [0.25, 0.3) is 0 Å². The Morgan fingerprint density at radius 2 is 1.77 bits per heavy atom. The highest BCUT2D eigenvalue weighted by Gasteiger charge is 2.34. The van der Waals surface area contributed by atoms with E-state index in [1.54, 1.807) is 7.11 Å². The van der Waals surface area contributed by atoms with Crippen molar-refractivity contribution >= 4 is 5.91 Å². The van der Waals surface area contributed by atoms with Crippen LogP contribution in [0.2, 0.25) is 0 Å². The Balaban J connectivity index is 1.38. The van der Waals surface area contributed by atoms with Gasteiger partial charge in [0, 0.05) is 24.2 Å². The summed E-state index contributed by atoms with van der Waals surface area (Å²) in [5, 5.41) is 3.21. The standard InChI is InChI=1S/C21H24N2O3/c1-25-18-3-2-4-19(13-18)26-17-7-5-16(6-8-17)21(24)22-20-14-23-11-9-15(20)10-12-23/h2-8,13,15,20H,9-12,14H2,1H3,(H,22,24)/t20-/m0/s1. The summed E-state index contributed by atoms with van der Waals surface area (Å²) in [6.45, 7) is 3.33. The Morgan fingerprint density at radius 1 is 1.04 bits per heavy atom. The number of carbonyl (C=O) groups is 1. The van der Waals surface area contributed by atoms with Crippen molar-refractivity contribution in [1.29, 1.82) is 0 Å². The van der Waals surface area contributed by atoms with Crippen molar-refractivity contribution in [2.24, 2.45) is 5.92 Å². The van der Waals surface area contributed by atoms with E-state index < -0.39 is 0 Å². The number of amides is 1. The molecule has 5 heteroatoms. The molecule has 1 N–H and O–H groups in total. The molecule has 0 unspecified atom stereocenters. The minimum Gasteiger partial charge on any atom is -0.497 e. The number of methoxy groups -OCH3 is 1. The highest BCUT2D eigenvalue weighted by molar-refractivity contribution is 5.94. The lowest BCUT2D eigenvalue weighted by Crippen LogP contribution is -2.57. The highest BCUT2D eigenvalue weighted by atomic mass is 16.5. The van der Waals surface area contributed by atoms with Crippen LogP contribution in [0.3, 0.4) is 0 Å². The van der Waals surface area contributed by atoms with Gasteiger partial charge in [-0.3, -0.25) is 4.79 Å². The smallest absolute Gasteiger partial charge is 0.251 e. The summed E-state index contributed by atoms with van der Waals surface area (Å²) < 4.78 is 11.0. The van der Waals surface area contributed by atoms with E-state index in [4.69, 9.17) is 9.47 Å². The summed E-state index contributed by atoms with van der Waals surface area (Å²) in [7, 11) is 1.63. The number of carbonyl (C=O) groups excluding carboxylic acids is 1. The van der Waals surface area contributed by atoms with Crippen LogP contribution in [0.4, 0.5) is 0 Å². The molecule has 0 spiro atoms. The number of benzene rings is 2. The van der Waals surface area contributed by atoms with E-state index in [0.29, 0.717) is 23.0 Å². The molecule has 0 aromatic heterocycles. The first-order valence-corrected chi connectivity index (χ1v) is 9.16. The molecule has 5 rings (SSSR count).